The molecular formula is C11H13N3O3S. The zero-order chi connectivity index (χ0) is 12.8. The molecule has 2 aromatic rings. The van der Waals surface area contributed by atoms with Crippen LogP contribution in [0.15, 0.2) is 18.2 Å². The average molecular weight is 267 g/mol. The van der Waals surface area contributed by atoms with Crippen LogP contribution < -0.4 is 0 Å². The summed E-state index contributed by atoms with van der Waals surface area (Å²) in [6.45, 7) is 0.337. The van der Waals surface area contributed by atoms with Crippen LogP contribution in [0.5, 0.6) is 5.75 Å². The third-order valence-electron chi connectivity index (χ3n) is 3.34. The van der Waals surface area contributed by atoms with Crippen LogP contribution in [0.4, 0.5) is 0 Å². The van der Waals surface area contributed by atoms with Crippen LogP contribution in [0.25, 0.3) is 11.0 Å². The van der Waals surface area contributed by atoms with Crippen molar-refractivity contribution >= 4 is 20.9 Å². The highest BCUT2D eigenvalue weighted by atomic mass is 32.2. The number of aromatic nitrogens is 3. The van der Waals surface area contributed by atoms with Gasteiger partial charge in [0.25, 0.3) is 0 Å². The molecule has 0 bridgehead atoms. The number of rotatable bonds is 2. The van der Waals surface area contributed by atoms with E-state index in [4.69, 9.17) is 0 Å². The van der Waals surface area contributed by atoms with Crippen molar-refractivity contribution in [1.82, 2.24) is 15.0 Å². The van der Waals surface area contributed by atoms with Crippen molar-refractivity contribution < 1.29 is 13.5 Å². The Kier molecular flexibility index (Phi) is 2.51. The van der Waals surface area contributed by atoms with Gasteiger partial charge in [0.15, 0.2) is 9.84 Å². The molecule has 0 aliphatic carbocycles. The average Bonchev–Trinajstić information content (AvgIpc) is 2.84. The predicted octanol–water partition coefficient (Wildman–Crippen LogP) is 0.714. The number of phenols is 1. The second kappa shape index (κ2) is 3.94. The molecule has 1 aromatic carbocycles. The molecule has 7 heteroatoms. The van der Waals surface area contributed by atoms with E-state index in [0.717, 1.165) is 11.9 Å². The number of hydrogen-bond donors (Lipinski definition) is 1. The molecule has 1 aliphatic heterocycles. The first-order valence-electron chi connectivity index (χ1n) is 5.80. The highest BCUT2D eigenvalue weighted by Crippen LogP contribution is 2.23. The number of fused-ring (bicyclic) bond motifs is 1. The molecule has 1 aromatic heterocycles. The van der Waals surface area contributed by atoms with Gasteiger partial charge in [-0.3, -0.25) is 0 Å². The lowest BCUT2D eigenvalue weighted by atomic mass is 10.2. The summed E-state index contributed by atoms with van der Waals surface area (Å²) in [5.41, 5.74) is 1.32. The summed E-state index contributed by atoms with van der Waals surface area (Å²) in [7, 11) is -2.98. The van der Waals surface area contributed by atoms with Crippen molar-refractivity contribution in [3.05, 3.63) is 18.2 Å². The second-order valence-corrected chi connectivity index (χ2v) is 6.98. The van der Waals surface area contributed by atoms with Crippen LogP contribution in [0.1, 0.15) is 12.8 Å². The van der Waals surface area contributed by atoms with Gasteiger partial charge in [0.05, 0.1) is 23.1 Å². The Labute approximate surface area is 104 Å². The molecule has 1 unspecified atom stereocenters. The molecule has 0 amide bonds. The molecule has 3 rings (SSSR count). The summed E-state index contributed by atoms with van der Waals surface area (Å²) in [6.07, 6.45) is 1.40. The zero-order valence-corrected chi connectivity index (χ0v) is 10.5. The van der Waals surface area contributed by atoms with Crippen LogP contribution >= 0.6 is 0 Å². The molecule has 1 N–H and O–H groups in total. The molecule has 18 heavy (non-hydrogen) atoms. The van der Waals surface area contributed by atoms with E-state index < -0.39 is 9.84 Å². The van der Waals surface area contributed by atoms with E-state index in [1.807, 2.05) is 0 Å². The standard InChI is InChI=1S/C11H13N3O3S/c15-8-3-4-11-10(6-8)12-13-14(11)7-9-2-1-5-18(9,16)17/h3-4,6,9,15H,1-2,5,7H2. The number of nitrogens with zero attached hydrogens (tertiary/aromatic N) is 3. The highest BCUT2D eigenvalue weighted by Gasteiger charge is 2.32. The van der Waals surface area contributed by atoms with E-state index in [1.54, 1.807) is 16.8 Å². The van der Waals surface area contributed by atoms with Crippen LogP contribution in [-0.4, -0.2) is 39.5 Å². The summed E-state index contributed by atoms with van der Waals surface area (Å²) in [4.78, 5) is 0. The van der Waals surface area contributed by atoms with E-state index >= 15 is 0 Å². The first-order chi connectivity index (χ1) is 8.56. The zero-order valence-electron chi connectivity index (χ0n) is 9.65. The van der Waals surface area contributed by atoms with E-state index in [2.05, 4.69) is 10.3 Å². The Balaban J connectivity index is 1.96. The van der Waals surface area contributed by atoms with E-state index in [0.29, 0.717) is 18.5 Å². The Morgan fingerprint density at radius 2 is 2.28 bits per heavy atom. The lowest BCUT2D eigenvalue weighted by molar-refractivity contribution is 0.476. The number of phenolic OH excluding ortho intramolecular Hbond substituents is 1. The molecule has 1 saturated heterocycles. The van der Waals surface area contributed by atoms with E-state index in [-0.39, 0.29) is 16.8 Å². The fourth-order valence-corrected chi connectivity index (χ4v) is 4.15. The predicted molar refractivity (Wildman–Crippen MR) is 66.0 cm³/mol. The van der Waals surface area contributed by atoms with E-state index in [9.17, 15) is 13.5 Å². The van der Waals surface area contributed by atoms with Crippen molar-refractivity contribution in [3.8, 4) is 5.75 Å². The Bertz CT molecular complexity index is 693. The molecule has 0 radical (unpaired) electrons. The van der Waals surface area contributed by atoms with Gasteiger partial charge < -0.3 is 5.11 Å². The number of sulfone groups is 1. The Morgan fingerprint density at radius 1 is 1.44 bits per heavy atom. The fourth-order valence-electron chi connectivity index (χ4n) is 2.35. The van der Waals surface area contributed by atoms with Gasteiger partial charge in [-0.1, -0.05) is 5.21 Å². The van der Waals surface area contributed by atoms with Crippen LogP contribution in [0.2, 0.25) is 0 Å². The minimum atomic E-state index is -2.98. The van der Waals surface area contributed by atoms with Gasteiger partial charge in [-0.2, -0.15) is 0 Å². The van der Waals surface area contributed by atoms with Crippen molar-refractivity contribution in [1.29, 1.82) is 0 Å². The normalized spacial score (nSPS) is 22.6. The molecular weight excluding hydrogens is 254 g/mol. The molecule has 96 valence electrons. The van der Waals surface area contributed by atoms with Crippen molar-refractivity contribution in [2.75, 3.05) is 5.75 Å². The van der Waals surface area contributed by atoms with E-state index in [1.165, 1.54) is 6.07 Å². The molecule has 1 fully saturated rings. The van der Waals surface area contributed by atoms with Crippen molar-refractivity contribution in [3.63, 3.8) is 0 Å². The lowest BCUT2D eigenvalue weighted by Gasteiger charge is -2.09. The van der Waals surface area contributed by atoms with Crippen molar-refractivity contribution in [2.24, 2.45) is 0 Å². The summed E-state index contributed by atoms with van der Waals surface area (Å²) in [5, 5.41) is 16.9. The minimum Gasteiger partial charge on any atom is -0.508 e. The summed E-state index contributed by atoms with van der Waals surface area (Å²) in [5.74, 6) is 0.397. The smallest absolute Gasteiger partial charge is 0.154 e. The maximum absolute atomic E-state index is 11.8. The fraction of sp³-hybridized carbons (Fsp3) is 0.455. The third kappa shape index (κ3) is 1.84. The number of hydrogen-bond acceptors (Lipinski definition) is 5. The summed E-state index contributed by atoms with van der Waals surface area (Å²) >= 11 is 0. The van der Waals surface area contributed by atoms with Gasteiger partial charge in [0.1, 0.15) is 11.3 Å². The van der Waals surface area contributed by atoms with Gasteiger partial charge in [-0.05, 0) is 25.0 Å². The van der Waals surface area contributed by atoms with Crippen molar-refractivity contribution in [2.45, 2.75) is 24.6 Å². The van der Waals surface area contributed by atoms with Gasteiger partial charge in [-0.25, -0.2) is 13.1 Å². The first-order valence-corrected chi connectivity index (χ1v) is 7.51. The molecule has 1 aliphatic rings. The lowest BCUT2D eigenvalue weighted by Crippen LogP contribution is -2.22. The molecule has 2 heterocycles. The topological polar surface area (TPSA) is 85.1 Å². The number of benzene rings is 1. The maximum Gasteiger partial charge on any atom is 0.154 e. The SMILES string of the molecule is O=S1(=O)CCCC1Cn1nnc2cc(O)ccc21. The quantitative estimate of drug-likeness (QED) is 0.866. The maximum atomic E-state index is 11.8. The number of aromatic hydroxyl groups is 1. The Morgan fingerprint density at radius 3 is 3.00 bits per heavy atom. The molecule has 6 nitrogen and oxygen atoms in total. The monoisotopic (exact) mass is 267 g/mol. The first kappa shape index (κ1) is 11.5. The summed E-state index contributed by atoms with van der Waals surface area (Å²) in [6, 6.07) is 4.76. The Hall–Kier alpha value is -1.63. The second-order valence-electron chi connectivity index (χ2n) is 4.58. The third-order valence-corrected chi connectivity index (χ3v) is 5.60. The van der Waals surface area contributed by atoms with Gasteiger partial charge in [-0.15, -0.1) is 5.10 Å². The molecule has 0 saturated carbocycles. The summed E-state index contributed by atoms with van der Waals surface area (Å²) < 4.78 is 25.2. The van der Waals surface area contributed by atoms with Crippen LogP contribution in [0.3, 0.4) is 0 Å². The largest absolute Gasteiger partial charge is 0.508 e. The molecule has 1 atom stereocenters. The van der Waals surface area contributed by atoms with Crippen LogP contribution in [-0.2, 0) is 16.4 Å². The highest BCUT2D eigenvalue weighted by molar-refractivity contribution is 7.92. The molecule has 0 spiro atoms. The van der Waals surface area contributed by atoms with Gasteiger partial charge in [0, 0.05) is 6.07 Å². The minimum absolute atomic E-state index is 0.128. The van der Waals surface area contributed by atoms with Crippen LogP contribution in [0, 0.1) is 0 Å². The van der Waals surface area contributed by atoms with Gasteiger partial charge in [0.2, 0.25) is 0 Å². The van der Waals surface area contributed by atoms with Gasteiger partial charge >= 0.3 is 0 Å².